The number of amides is 2. The van der Waals surface area contributed by atoms with E-state index in [0.717, 1.165) is 35.0 Å². The van der Waals surface area contributed by atoms with Crippen molar-refractivity contribution >= 4 is 45.7 Å². The van der Waals surface area contributed by atoms with Gasteiger partial charge in [0.2, 0.25) is 0 Å². The summed E-state index contributed by atoms with van der Waals surface area (Å²) in [7, 11) is 0. The maximum atomic E-state index is 12.7. The molecule has 144 valence electrons. The summed E-state index contributed by atoms with van der Waals surface area (Å²) in [5.74, 6) is 0.0697. The molecule has 1 aliphatic rings. The molecule has 0 unspecified atom stereocenters. The molecule has 10 heteroatoms. The Kier molecular flexibility index (Phi) is 5.68. The average Bonchev–Trinajstić information content (AvgIpc) is 3.45. The molecule has 3 aromatic rings. The first-order valence-corrected chi connectivity index (χ1v) is 10.5. The van der Waals surface area contributed by atoms with E-state index in [0.29, 0.717) is 16.4 Å². The smallest absolute Gasteiger partial charge is 0.325 e. The van der Waals surface area contributed by atoms with Crippen LogP contribution in [-0.2, 0) is 0 Å². The molecule has 0 aliphatic heterocycles. The van der Waals surface area contributed by atoms with Gasteiger partial charge in [0.1, 0.15) is 0 Å². The number of imidazole rings is 1. The number of thiazole rings is 1. The molecule has 28 heavy (non-hydrogen) atoms. The van der Waals surface area contributed by atoms with E-state index >= 15 is 0 Å². The highest BCUT2D eigenvalue weighted by atomic mass is 32.2. The third-order valence-electron chi connectivity index (χ3n) is 4.44. The number of aromatic nitrogens is 4. The zero-order valence-corrected chi connectivity index (χ0v) is 16.5. The van der Waals surface area contributed by atoms with Crippen molar-refractivity contribution in [2.45, 2.75) is 35.0 Å². The molecule has 0 spiro atoms. The second-order valence-corrected chi connectivity index (χ2v) is 8.65. The van der Waals surface area contributed by atoms with Crippen molar-refractivity contribution in [3.63, 3.8) is 0 Å². The number of aromatic amines is 1. The lowest BCUT2D eigenvalue weighted by Gasteiger charge is -2.13. The van der Waals surface area contributed by atoms with E-state index < -0.39 is 6.03 Å². The van der Waals surface area contributed by atoms with E-state index in [-0.39, 0.29) is 11.7 Å². The van der Waals surface area contributed by atoms with E-state index in [1.165, 1.54) is 29.3 Å². The number of carbonyl (C=O) groups excluding carboxylic acids is 2. The molecule has 2 amide bonds. The molecule has 3 heterocycles. The van der Waals surface area contributed by atoms with Crippen LogP contribution in [0.3, 0.4) is 0 Å². The number of hydrogen-bond acceptors (Lipinski definition) is 7. The van der Waals surface area contributed by atoms with Crippen LogP contribution in [0.2, 0.25) is 0 Å². The van der Waals surface area contributed by atoms with Gasteiger partial charge in [-0.15, -0.1) is 0 Å². The largest absolute Gasteiger partial charge is 0.339 e. The number of Topliss-reactive ketones (excluding diaryl/α,β-unsaturated/α-hetero) is 1. The highest BCUT2D eigenvalue weighted by Crippen LogP contribution is 2.32. The van der Waals surface area contributed by atoms with Crippen LogP contribution in [0.5, 0.6) is 0 Å². The van der Waals surface area contributed by atoms with Crippen LogP contribution in [0.15, 0.2) is 46.4 Å². The molecule has 4 rings (SSSR count). The predicted octanol–water partition coefficient (Wildman–Crippen LogP) is 4.43. The highest BCUT2D eigenvalue weighted by Gasteiger charge is 2.26. The number of H-pyrrole nitrogens is 1. The summed E-state index contributed by atoms with van der Waals surface area (Å²) in [6.45, 7) is 0. The molecule has 0 aromatic carbocycles. The second-order valence-electron chi connectivity index (χ2n) is 6.33. The minimum Gasteiger partial charge on any atom is -0.339 e. The van der Waals surface area contributed by atoms with Gasteiger partial charge >= 0.3 is 6.03 Å². The van der Waals surface area contributed by atoms with Crippen molar-refractivity contribution < 1.29 is 9.59 Å². The van der Waals surface area contributed by atoms with Gasteiger partial charge in [-0.25, -0.2) is 14.8 Å². The Labute approximate surface area is 169 Å². The van der Waals surface area contributed by atoms with Crippen LogP contribution < -0.4 is 10.6 Å². The van der Waals surface area contributed by atoms with Gasteiger partial charge in [0, 0.05) is 30.7 Å². The summed E-state index contributed by atoms with van der Waals surface area (Å²) < 4.78 is 0.895. The SMILES string of the molecule is O=C(Nc1ncc(Sc2ncc[nH]2)s1)Nc1ccncc1C(=O)C1CCCC1. The van der Waals surface area contributed by atoms with Crippen molar-refractivity contribution in [2.75, 3.05) is 10.6 Å². The maximum absolute atomic E-state index is 12.7. The van der Waals surface area contributed by atoms with E-state index in [9.17, 15) is 9.59 Å². The van der Waals surface area contributed by atoms with Crippen LogP contribution in [0.25, 0.3) is 0 Å². The Morgan fingerprint density at radius 2 is 2.00 bits per heavy atom. The van der Waals surface area contributed by atoms with Crippen molar-refractivity contribution in [3.05, 3.63) is 42.6 Å². The number of pyridine rings is 1. The standard InChI is InChI=1S/C18H18N6O2S2/c25-15(11-3-1-2-4-11)12-9-19-6-5-13(12)23-16(26)24-18-22-10-14(28-18)27-17-20-7-8-21-17/h5-11H,1-4H2,(H,20,21)(H2,19,22,23,24,26). The number of nitrogens with one attached hydrogen (secondary N) is 3. The number of rotatable bonds is 6. The number of urea groups is 1. The Morgan fingerprint density at radius 1 is 1.14 bits per heavy atom. The Bertz CT molecular complexity index is 966. The number of anilines is 2. The van der Waals surface area contributed by atoms with E-state index in [4.69, 9.17) is 0 Å². The highest BCUT2D eigenvalue weighted by molar-refractivity contribution is 8.01. The summed E-state index contributed by atoms with van der Waals surface area (Å²) in [6, 6.07) is 1.19. The normalized spacial score (nSPS) is 14.1. The van der Waals surface area contributed by atoms with Gasteiger partial charge in [0.25, 0.3) is 0 Å². The lowest BCUT2D eigenvalue weighted by Crippen LogP contribution is -2.22. The Hall–Kier alpha value is -2.72. The molecule has 3 aromatic heterocycles. The van der Waals surface area contributed by atoms with Gasteiger partial charge in [0.05, 0.1) is 21.7 Å². The van der Waals surface area contributed by atoms with Gasteiger partial charge in [-0.1, -0.05) is 24.2 Å². The minimum absolute atomic E-state index is 0.0213. The third-order valence-corrected chi connectivity index (χ3v) is 6.37. The zero-order valence-electron chi connectivity index (χ0n) is 14.8. The molecule has 8 nitrogen and oxygen atoms in total. The van der Waals surface area contributed by atoms with E-state index in [2.05, 4.69) is 30.6 Å². The molecule has 1 saturated carbocycles. The van der Waals surface area contributed by atoms with Crippen LogP contribution in [0.4, 0.5) is 15.6 Å². The fourth-order valence-corrected chi connectivity index (χ4v) is 4.85. The monoisotopic (exact) mass is 414 g/mol. The van der Waals surface area contributed by atoms with Gasteiger partial charge in [0.15, 0.2) is 16.1 Å². The third kappa shape index (κ3) is 4.39. The zero-order chi connectivity index (χ0) is 19.3. The minimum atomic E-state index is -0.449. The van der Waals surface area contributed by atoms with Crippen molar-refractivity contribution in [3.8, 4) is 0 Å². The summed E-state index contributed by atoms with van der Waals surface area (Å²) in [4.78, 5) is 40.5. The number of ketones is 1. The molecule has 0 atom stereocenters. The lowest BCUT2D eigenvalue weighted by atomic mass is 9.96. The fraction of sp³-hybridized carbons (Fsp3) is 0.278. The fourth-order valence-electron chi connectivity index (χ4n) is 3.12. The maximum Gasteiger partial charge on any atom is 0.325 e. The van der Waals surface area contributed by atoms with Crippen LogP contribution >= 0.6 is 23.1 Å². The van der Waals surface area contributed by atoms with Gasteiger partial charge in [-0.2, -0.15) is 0 Å². The van der Waals surface area contributed by atoms with Gasteiger partial charge in [-0.3, -0.25) is 15.1 Å². The molecule has 1 fully saturated rings. The number of hydrogen-bond donors (Lipinski definition) is 3. The van der Waals surface area contributed by atoms with E-state index in [1.54, 1.807) is 30.9 Å². The van der Waals surface area contributed by atoms with Crippen LogP contribution in [0, 0.1) is 5.92 Å². The lowest BCUT2D eigenvalue weighted by molar-refractivity contribution is 0.0923. The number of carbonyl (C=O) groups is 2. The quantitative estimate of drug-likeness (QED) is 0.514. The molecule has 0 bridgehead atoms. The van der Waals surface area contributed by atoms with Gasteiger partial charge < -0.3 is 10.3 Å². The Balaban J connectivity index is 1.40. The summed E-state index contributed by atoms with van der Waals surface area (Å²) >= 11 is 2.77. The van der Waals surface area contributed by atoms with Crippen LogP contribution in [0.1, 0.15) is 36.0 Å². The molecule has 3 N–H and O–H groups in total. The summed E-state index contributed by atoms with van der Waals surface area (Å²) in [6.07, 6.45) is 12.1. The second kappa shape index (κ2) is 8.53. The summed E-state index contributed by atoms with van der Waals surface area (Å²) in [5, 5.41) is 6.67. The van der Waals surface area contributed by atoms with Crippen LogP contribution in [-0.4, -0.2) is 31.8 Å². The topological polar surface area (TPSA) is 113 Å². The first kappa shape index (κ1) is 18.6. The molecular weight excluding hydrogens is 396 g/mol. The molecule has 0 radical (unpaired) electrons. The van der Waals surface area contributed by atoms with Gasteiger partial charge in [-0.05, 0) is 30.7 Å². The summed E-state index contributed by atoms with van der Waals surface area (Å²) in [5.41, 5.74) is 0.920. The molecule has 0 saturated heterocycles. The number of nitrogens with zero attached hydrogens (tertiary/aromatic N) is 3. The molecule has 1 aliphatic carbocycles. The predicted molar refractivity (Wildman–Crippen MR) is 108 cm³/mol. The van der Waals surface area contributed by atoms with Crippen molar-refractivity contribution in [1.29, 1.82) is 0 Å². The Morgan fingerprint density at radius 3 is 2.79 bits per heavy atom. The first-order valence-electron chi connectivity index (χ1n) is 8.88. The average molecular weight is 415 g/mol. The first-order chi connectivity index (χ1) is 13.7. The molecular formula is C18H18N6O2S2. The van der Waals surface area contributed by atoms with Crippen molar-refractivity contribution in [1.82, 2.24) is 19.9 Å². The van der Waals surface area contributed by atoms with E-state index in [1.807, 2.05) is 0 Å². The van der Waals surface area contributed by atoms with Crippen molar-refractivity contribution in [2.24, 2.45) is 5.92 Å².